The Morgan fingerprint density at radius 3 is 2.25 bits per heavy atom. The van der Waals surface area contributed by atoms with Gasteiger partial charge < -0.3 is 5.73 Å². The minimum atomic E-state index is -0.495. The van der Waals surface area contributed by atoms with Crippen molar-refractivity contribution in [3.8, 4) is 0 Å². The van der Waals surface area contributed by atoms with Crippen LogP contribution in [-0.4, -0.2) is 15.9 Å². The number of hydrogen-bond donors (Lipinski definition) is 1. The monoisotopic (exact) mass is 165 g/mol. The summed E-state index contributed by atoms with van der Waals surface area (Å²) in [5.41, 5.74) is 5.37. The topological polar surface area (TPSA) is 68.9 Å². The van der Waals surface area contributed by atoms with Crippen molar-refractivity contribution < 1.29 is 4.79 Å². The van der Waals surface area contributed by atoms with Gasteiger partial charge in [-0.3, -0.25) is 4.79 Å². The Labute approximate surface area is 70.8 Å². The number of primary amides is 1. The maximum absolute atomic E-state index is 10.6. The number of aromatic nitrogens is 2. The molecule has 2 N–H and O–H groups in total. The molecule has 1 aromatic rings. The van der Waals surface area contributed by atoms with E-state index in [2.05, 4.69) is 9.97 Å². The molecule has 0 unspecified atom stereocenters. The van der Waals surface area contributed by atoms with Crippen LogP contribution in [0, 0.1) is 0 Å². The third kappa shape index (κ3) is 1.78. The average molecular weight is 165 g/mol. The summed E-state index contributed by atoms with van der Waals surface area (Å²) in [7, 11) is 0. The van der Waals surface area contributed by atoms with Crippen molar-refractivity contribution >= 4 is 5.91 Å². The highest BCUT2D eigenvalue weighted by molar-refractivity contribution is 5.92. The average Bonchev–Trinajstić information content (AvgIpc) is 2.04. The van der Waals surface area contributed by atoms with Gasteiger partial charge in [0.05, 0.1) is 5.56 Å². The van der Waals surface area contributed by atoms with Crippen molar-refractivity contribution in [1.82, 2.24) is 9.97 Å². The van der Waals surface area contributed by atoms with Crippen LogP contribution in [0.2, 0.25) is 0 Å². The van der Waals surface area contributed by atoms with E-state index in [0.29, 0.717) is 5.56 Å². The number of carbonyl (C=O) groups is 1. The standard InChI is InChI=1S/C8H11N3O/c1-5(2)8-10-3-6(4-11-8)7(9)12/h3-5H,1-2H3,(H2,9,12). The number of rotatable bonds is 2. The predicted octanol–water partition coefficient (Wildman–Crippen LogP) is 0.699. The van der Waals surface area contributed by atoms with Crippen molar-refractivity contribution in [3.63, 3.8) is 0 Å². The number of carbonyl (C=O) groups excluding carboxylic acids is 1. The van der Waals surface area contributed by atoms with Crippen LogP contribution in [0.5, 0.6) is 0 Å². The maximum Gasteiger partial charge on any atom is 0.251 e. The largest absolute Gasteiger partial charge is 0.366 e. The van der Waals surface area contributed by atoms with Gasteiger partial charge in [0.2, 0.25) is 0 Å². The van der Waals surface area contributed by atoms with Gasteiger partial charge >= 0.3 is 0 Å². The second-order valence-corrected chi connectivity index (χ2v) is 2.85. The van der Waals surface area contributed by atoms with Crippen LogP contribution in [0.1, 0.15) is 35.9 Å². The lowest BCUT2D eigenvalue weighted by Crippen LogP contribution is -2.12. The van der Waals surface area contributed by atoms with Gasteiger partial charge in [-0.25, -0.2) is 9.97 Å². The molecule has 0 fully saturated rings. The van der Waals surface area contributed by atoms with Gasteiger partial charge in [0, 0.05) is 18.3 Å². The van der Waals surface area contributed by atoms with Gasteiger partial charge in [0.15, 0.2) is 0 Å². The van der Waals surface area contributed by atoms with E-state index in [1.54, 1.807) is 0 Å². The molecule has 1 aromatic heterocycles. The molecule has 0 bridgehead atoms. The fourth-order valence-electron chi connectivity index (χ4n) is 0.763. The summed E-state index contributed by atoms with van der Waals surface area (Å²) >= 11 is 0. The summed E-state index contributed by atoms with van der Waals surface area (Å²) in [6.07, 6.45) is 2.90. The predicted molar refractivity (Wildman–Crippen MR) is 44.6 cm³/mol. The molecule has 0 radical (unpaired) electrons. The van der Waals surface area contributed by atoms with Gasteiger partial charge in [-0.05, 0) is 0 Å². The van der Waals surface area contributed by atoms with Crippen LogP contribution in [0.25, 0.3) is 0 Å². The second-order valence-electron chi connectivity index (χ2n) is 2.85. The molecule has 1 rings (SSSR count). The highest BCUT2D eigenvalue weighted by atomic mass is 16.1. The van der Waals surface area contributed by atoms with Crippen LogP contribution >= 0.6 is 0 Å². The smallest absolute Gasteiger partial charge is 0.251 e. The molecule has 0 aliphatic rings. The lowest BCUT2D eigenvalue weighted by Gasteiger charge is -2.01. The van der Waals surface area contributed by atoms with Crippen LogP contribution in [-0.2, 0) is 0 Å². The molecule has 64 valence electrons. The first-order chi connectivity index (χ1) is 5.61. The van der Waals surface area contributed by atoms with Gasteiger partial charge in [0.25, 0.3) is 5.91 Å². The lowest BCUT2D eigenvalue weighted by molar-refractivity contribution is 0.0999. The van der Waals surface area contributed by atoms with Crippen molar-refractivity contribution in [1.29, 1.82) is 0 Å². The zero-order valence-corrected chi connectivity index (χ0v) is 7.11. The van der Waals surface area contributed by atoms with E-state index in [4.69, 9.17) is 5.73 Å². The molecular weight excluding hydrogens is 154 g/mol. The number of hydrogen-bond acceptors (Lipinski definition) is 3. The number of amides is 1. The van der Waals surface area contributed by atoms with Gasteiger partial charge in [-0.1, -0.05) is 13.8 Å². The molecule has 1 amide bonds. The highest BCUT2D eigenvalue weighted by Crippen LogP contribution is 2.06. The molecular formula is C8H11N3O. The molecule has 0 aromatic carbocycles. The Morgan fingerprint density at radius 1 is 1.42 bits per heavy atom. The maximum atomic E-state index is 10.6. The Hall–Kier alpha value is -1.45. The van der Waals surface area contributed by atoms with E-state index in [0.717, 1.165) is 5.82 Å². The van der Waals surface area contributed by atoms with Crippen LogP contribution in [0.4, 0.5) is 0 Å². The van der Waals surface area contributed by atoms with E-state index in [1.165, 1.54) is 12.4 Å². The Balaban J connectivity index is 2.93. The van der Waals surface area contributed by atoms with E-state index in [-0.39, 0.29) is 5.92 Å². The van der Waals surface area contributed by atoms with E-state index in [1.807, 2.05) is 13.8 Å². The number of nitrogens with two attached hydrogens (primary N) is 1. The highest BCUT2D eigenvalue weighted by Gasteiger charge is 2.04. The molecule has 0 atom stereocenters. The van der Waals surface area contributed by atoms with Crippen molar-refractivity contribution in [2.75, 3.05) is 0 Å². The Bertz CT molecular complexity index is 279. The molecule has 4 heteroatoms. The normalized spacial score (nSPS) is 10.2. The Morgan fingerprint density at radius 2 is 1.92 bits per heavy atom. The van der Waals surface area contributed by atoms with Crippen LogP contribution in [0.15, 0.2) is 12.4 Å². The van der Waals surface area contributed by atoms with E-state index in [9.17, 15) is 4.79 Å². The molecule has 0 aliphatic carbocycles. The summed E-state index contributed by atoms with van der Waals surface area (Å²) < 4.78 is 0. The van der Waals surface area contributed by atoms with E-state index < -0.39 is 5.91 Å². The Kier molecular flexibility index (Phi) is 2.38. The first kappa shape index (κ1) is 8.64. The molecule has 1 heterocycles. The van der Waals surface area contributed by atoms with E-state index >= 15 is 0 Å². The minimum absolute atomic E-state index is 0.270. The molecule has 0 saturated heterocycles. The first-order valence-corrected chi connectivity index (χ1v) is 3.73. The summed E-state index contributed by atoms with van der Waals surface area (Å²) in [6, 6.07) is 0. The molecule has 4 nitrogen and oxygen atoms in total. The van der Waals surface area contributed by atoms with Gasteiger partial charge in [0.1, 0.15) is 5.82 Å². The van der Waals surface area contributed by atoms with Crippen molar-refractivity contribution in [2.24, 2.45) is 5.73 Å². The lowest BCUT2D eigenvalue weighted by atomic mass is 10.2. The minimum Gasteiger partial charge on any atom is -0.366 e. The molecule has 0 saturated carbocycles. The fraction of sp³-hybridized carbons (Fsp3) is 0.375. The van der Waals surface area contributed by atoms with Crippen LogP contribution < -0.4 is 5.73 Å². The molecule has 12 heavy (non-hydrogen) atoms. The SMILES string of the molecule is CC(C)c1ncc(C(N)=O)cn1. The summed E-state index contributed by atoms with van der Waals surface area (Å²) in [5.74, 6) is 0.497. The third-order valence-corrected chi connectivity index (χ3v) is 1.47. The summed E-state index contributed by atoms with van der Waals surface area (Å²) in [5, 5.41) is 0. The van der Waals surface area contributed by atoms with Gasteiger partial charge in [-0.15, -0.1) is 0 Å². The van der Waals surface area contributed by atoms with Gasteiger partial charge in [-0.2, -0.15) is 0 Å². The van der Waals surface area contributed by atoms with Crippen molar-refractivity contribution in [2.45, 2.75) is 19.8 Å². The fourth-order valence-corrected chi connectivity index (χ4v) is 0.763. The first-order valence-electron chi connectivity index (χ1n) is 3.73. The zero-order chi connectivity index (χ0) is 9.14. The van der Waals surface area contributed by atoms with Crippen LogP contribution in [0.3, 0.4) is 0 Å². The quantitative estimate of drug-likeness (QED) is 0.701. The molecule has 0 aliphatic heterocycles. The second kappa shape index (κ2) is 3.30. The van der Waals surface area contributed by atoms with Crippen molar-refractivity contribution in [3.05, 3.63) is 23.8 Å². The zero-order valence-electron chi connectivity index (χ0n) is 7.11. The summed E-state index contributed by atoms with van der Waals surface area (Å²) in [4.78, 5) is 18.6. The number of nitrogens with zero attached hydrogens (tertiary/aromatic N) is 2. The molecule has 0 spiro atoms. The third-order valence-electron chi connectivity index (χ3n) is 1.47. The summed E-state index contributed by atoms with van der Waals surface area (Å²) in [6.45, 7) is 3.97.